The molecule has 0 saturated heterocycles. The van der Waals surface area contributed by atoms with Crippen LogP contribution < -0.4 is 0 Å². The Hall–Kier alpha value is -2.36. The molecule has 0 radical (unpaired) electrons. The Kier molecular flexibility index (Phi) is 2.55. The van der Waals surface area contributed by atoms with Crippen molar-refractivity contribution in [3.8, 4) is 5.75 Å². The van der Waals surface area contributed by atoms with Crippen LogP contribution in [0.1, 0.15) is 26.5 Å². The predicted octanol–water partition coefficient (Wildman–Crippen LogP) is 1.76. The standard InChI is InChI=1S/C12H9NO3/c14-7-9-4-5-11(13-9)12(16)8-2-1-3-10(15)6-8/h1-7,13,15H. The van der Waals surface area contributed by atoms with Crippen molar-refractivity contribution in [2.45, 2.75) is 0 Å². The average molecular weight is 215 g/mol. The number of carbonyl (C=O) groups is 2. The van der Waals surface area contributed by atoms with Crippen LogP contribution in [0.4, 0.5) is 0 Å². The van der Waals surface area contributed by atoms with Crippen LogP contribution in [0.25, 0.3) is 0 Å². The smallest absolute Gasteiger partial charge is 0.209 e. The maximum Gasteiger partial charge on any atom is 0.209 e. The Morgan fingerprint density at radius 2 is 2.06 bits per heavy atom. The molecule has 0 aliphatic heterocycles. The van der Waals surface area contributed by atoms with E-state index in [4.69, 9.17) is 0 Å². The van der Waals surface area contributed by atoms with Gasteiger partial charge in [-0.3, -0.25) is 9.59 Å². The van der Waals surface area contributed by atoms with Crippen LogP contribution in [0.2, 0.25) is 0 Å². The van der Waals surface area contributed by atoms with Gasteiger partial charge in [-0.2, -0.15) is 0 Å². The first-order valence-electron chi connectivity index (χ1n) is 4.68. The van der Waals surface area contributed by atoms with Gasteiger partial charge in [0.25, 0.3) is 0 Å². The van der Waals surface area contributed by atoms with Crippen LogP contribution in [0.3, 0.4) is 0 Å². The van der Waals surface area contributed by atoms with Crippen molar-refractivity contribution < 1.29 is 14.7 Å². The third-order valence-corrected chi connectivity index (χ3v) is 2.19. The molecule has 4 nitrogen and oxygen atoms in total. The van der Waals surface area contributed by atoms with E-state index in [9.17, 15) is 14.7 Å². The van der Waals surface area contributed by atoms with E-state index >= 15 is 0 Å². The van der Waals surface area contributed by atoms with Crippen LogP contribution in [0.5, 0.6) is 5.75 Å². The van der Waals surface area contributed by atoms with E-state index < -0.39 is 0 Å². The number of phenolic OH excluding ortho intramolecular Hbond substituents is 1. The van der Waals surface area contributed by atoms with E-state index in [1.165, 1.54) is 24.3 Å². The molecule has 0 spiro atoms. The molecule has 0 aliphatic rings. The SMILES string of the molecule is O=Cc1ccc(C(=O)c2cccc(O)c2)[nH]1. The Labute approximate surface area is 91.5 Å². The molecule has 0 atom stereocenters. The van der Waals surface area contributed by atoms with Gasteiger partial charge in [0.2, 0.25) is 5.78 Å². The number of hydrogen-bond acceptors (Lipinski definition) is 3. The topological polar surface area (TPSA) is 70.2 Å². The number of phenols is 1. The van der Waals surface area contributed by atoms with Gasteiger partial charge in [-0.15, -0.1) is 0 Å². The molecule has 16 heavy (non-hydrogen) atoms. The molecule has 1 aromatic carbocycles. The lowest BCUT2D eigenvalue weighted by Gasteiger charge is -1.98. The molecule has 0 saturated carbocycles. The molecular weight excluding hydrogens is 206 g/mol. The quantitative estimate of drug-likeness (QED) is 0.605. The summed E-state index contributed by atoms with van der Waals surface area (Å²) in [6.07, 6.45) is 0.638. The minimum Gasteiger partial charge on any atom is -0.508 e. The van der Waals surface area contributed by atoms with Crippen molar-refractivity contribution in [2.75, 3.05) is 0 Å². The molecule has 0 aliphatic carbocycles. The maximum absolute atomic E-state index is 11.9. The first-order chi connectivity index (χ1) is 7.70. The summed E-state index contributed by atoms with van der Waals surface area (Å²) in [4.78, 5) is 25.0. The predicted molar refractivity (Wildman–Crippen MR) is 57.7 cm³/mol. The lowest BCUT2D eigenvalue weighted by atomic mass is 10.1. The van der Waals surface area contributed by atoms with Gasteiger partial charge in [-0.05, 0) is 24.3 Å². The molecule has 1 heterocycles. The Balaban J connectivity index is 2.35. The lowest BCUT2D eigenvalue weighted by molar-refractivity contribution is 0.103. The van der Waals surface area contributed by atoms with Crippen LogP contribution in [-0.4, -0.2) is 22.2 Å². The number of ketones is 1. The second-order valence-electron chi connectivity index (χ2n) is 3.32. The number of aldehydes is 1. The highest BCUT2D eigenvalue weighted by Crippen LogP contribution is 2.14. The summed E-state index contributed by atoms with van der Waals surface area (Å²) in [6.45, 7) is 0. The molecule has 0 bridgehead atoms. The molecule has 0 unspecified atom stereocenters. The van der Waals surface area contributed by atoms with Gasteiger partial charge in [0.15, 0.2) is 6.29 Å². The van der Waals surface area contributed by atoms with E-state index in [-0.39, 0.29) is 11.5 Å². The zero-order chi connectivity index (χ0) is 11.5. The van der Waals surface area contributed by atoms with E-state index in [0.29, 0.717) is 23.2 Å². The Morgan fingerprint density at radius 3 is 2.69 bits per heavy atom. The van der Waals surface area contributed by atoms with Gasteiger partial charge in [0, 0.05) is 5.56 Å². The molecule has 2 aromatic rings. The Morgan fingerprint density at radius 1 is 1.25 bits per heavy atom. The molecule has 2 N–H and O–H groups in total. The molecule has 4 heteroatoms. The molecule has 1 aromatic heterocycles. The highest BCUT2D eigenvalue weighted by Gasteiger charge is 2.11. The number of aromatic amines is 1. The molecule has 2 rings (SSSR count). The van der Waals surface area contributed by atoms with Gasteiger partial charge < -0.3 is 10.1 Å². The number of carbonyl (C=O) groups excluding carboxylic acids is 2. The van der Waals surface area contributed by atoms with Crippen LogP contribution >= 0.6 is 0 Å². The van der Waals surface area contributed by atoms with Crippen molar-refractivity contribution in [3.63, 3.8) is 0 Å². The van der Waals surface area contributed by atoms with Gasteiger partial charge in [0.05, 0.1) is 11.4 Å². The van der Waals surface area contributed by atoms with Crippen molar-refractivity contribution in [1.29, 1.82) is 0 Å². The third kappa shape index (κ3) is 1.86. The summed E-state index contributed by atoms with van der Waals surface area (Å²) in [6, 6.07) is 9.13. The van der Waals surface area contributed by atoms with Crippen molar-refractivity contribution in [1.82, 2.24) is 4.98 Å². The fourth-order valence-corrected chi connectivity index (χ4v) is 1.42. The zero-order valence-electron chi connectivity index (χ0n) is 8.31. The molecule has 0 fully saturated rings. The summed E-state index contributed by atoms with van der Waals surface area (Å²) in [5.41, 5.74) is 1.05. The van der Waals surface area contributed by atoms with Crippen LogP contribution in [-0.2, 0) is 0 Å². The average Bonchev–Trinajstić information content (AvgIpc) is 2.76. The van der Waals surface area contributed by atoms with Gasteiger partial charge in [0.1, 0.15) is 5.75 Å². The molecule has 0 amide bonds. The number of nitrogens with one attached hydrogen (secondary N) is 1. The number of aromatic nitrogens is 1. The Bertz CT molecular complexity index is 543. The number of hydrogen-bond donors (Lipinski definition) is 2. The maximum atomic E-state index is 11.9. The summed E-state index contributed by atoms with van der Waals surface area (Å²) in [7, 11) is 0. The monoisotopic (exact) mass is 215 g/mol. The van der Waals surface area contributed by atoms with E-state index in [1.807, 2.05) is 0 Å². The first kappa shape index (κ1) is 10.2. The zero-order valence-corrected chi connectivity index (χ0v) is 8.31. The highest BCUT2D eigenvalue weighted by molar-refractivity contribution is 6.08. The fraction of sp³-hybridized carbons (Fsp3) is 0. The number of aromatic hydroxyl groups is 1. The lowest BCUT2D eigenvalue weighted by Crippen LogP contribution is -2.01. The van der Waals surface area contributed by atoms with Crippen molar-refractivity contribution >= 4 is 12.1 Å². The summed E-state index contributed by atoms with van der Waals surface area (Å²) < 4.78 is 0. The molecule has 80 valence electrons. The van der Waals surface area contributed by atoms with Gasteiger partial charge in [-0.25, -0.2) is 0 Å². The number of benzene rings is 1. The summed E-state index contributed by atoms with van der Waals surface area (Å²) in [5, 5.41) is 9.24. The normalized spacial score (nSPS) is 10.0. The second kappa shape index (κ2) is 4.02. The van der Waals surface area contributed by atoms with Crippen molar-refractivity contribution in [2.24, 2.45) is 0 Å². The highest BCUT2D eigenvalue weighted by atomic mass is 16.3. The molecular formula is C12H9NO3. The van der Waals surface area contributed by atoms with E-state index in [0.717, 1.165) is 0 Å². The van der Waals surface area contributed by atoms with E-state index in [2.05, 4.69) is 4.98 Å². The summed E-state index contributed by atoms with van der Waals surface area (Å²) >= 11 is 0. The van der Waals surface area contributed by atoms with Crippen LogP contribution in [0.15, 0.2) is 36.4 Å². The number of rotatable bonds is 3. The van der Waals surface area contributed by atoms with Gasteiger partial charge in [-0.1, -0.05) is 12.1 Å². The van der Waals surface area contributed by atoms with Crippen LogP contribution in [0, 0.1) is 0 Å². The van der Waals surface area contributed by atoms with E-state index in [1.54, 1.807) is 12.1 Å². The minimum atomic E-state index is -0.260. The number of H-pyrrole nitrogens is 1. The largest absolute Gasteiger partial charge is 0.508 e. The van der Waals surface area contributed by atoms with Crippen molar-refractivity contribution in [3.05, 3.63) is 53.3 Å². The minimum absolute atomic E-state index is 0.0352. The fourth-order valence-electron chi connectivity index (χ4n) is 1.42. The summed E-state index contributed by atoms with van der Waals surface area (Å²) in [5.74, 6) is -0.225. The first-order valence-corrected chi connectivity index (χ1v) is 4.68. The van der Waals surface area contributed by atoms with Gasteiger partial charge >= 0.3 is 0 Å². The third-order valence-electron chi connectivity index (χ3n) is 2.19. The second-order valence-corrected chi connectivity index (χ2v) is 3.32.